The van der Waals surface area contributed by atoms with Crippen LogP contribution in [0.25, 0.3) is 11.1 Å². The molecule has 0 amide bonds. The van der Waals surface area contributed by atoms with E-state index in [0.717, 1.165) is 16.5 Å². The third kappa shape index (κ3) is 3.18. The van der Waals surface area contributed by atoms with E-state index in [0.29, 0.717) is 0 Å². The summed E-state index contributed by atoms with van der Waals surface area (Å²) in [6.07, 6.45) is 0. The summed E-state index contributed by atoms with van der Waals surface area (Å²) in [6, 6.07) is 16.4. The van der Waals surface area contributed by atoms with Gasteiger partial charge in [0.15, 0.2) is 0 Å². The first-order chi connectivity index (χ1) is 10.0. The normalized spacial score (nSPS) is 11.2. The maximum Gasteiger partial charge on any atom is 0.315 e. The maximum atomic E-state index is 12.0. The molecule has 0 aliphatic rings. The zero-order valence-corrected chi connectivity index (χ0v) is 14.1. The van der Waals surface area contributed by atoms with Crippen molar-refractivity contribution in [2.45, 2.75) is 24.6 Å². The minimum Gasteiger partial charge on any atom is -0.468 e. The summed E-state index contributed by atoms with van der Waals surface area (Å²) in [5, 5.41) is 0.738. The summed E-state index contributed by atoms with van der Waals surface area (Å²) in [7, 11) is 1.42. The molecule has 0 aliphatic heterocycles. The number of methoxy groups -OCH3 is 1. The Morgan fingerprint density at radius 1 is 1.14 bits per heavy atom. The number of rotatable bonds is 4. The Morgan fingerprint density at radius 3 is 2.38 bits per heavy atom. The average Bonchev–Trinajstić information content (AvgIpc) is 2.54. The molecule has 0 bridgehead atoms. The molecule has 2 nitrogen and oxygen atoms in total. The van der Waals surface area contributed by atoms with Crippen LogP contribution in [-0.2, 0) is 20.3 Å². The second-order valence-corrected chi connectivity index (χ2v) is 6.05. The van der Waals surface area contributed by atoms with Crippen molar-refractivity contribution in [2.75, 3.05) is 7.11 Å². The molecular weight excluding hydrogens is 328 g/mol. The second-order valence-electron chi connectivity index (χ2n) is 5.49. The van der Waals surface area contributed by atoms with Crippen molar-refractivity contribution in [3.05, 3.63) is 59.7 Å². The Kier molecular flexibility index (Phi) is 4.84. The summed E-state index contributed by atoms with van der Waals surface area (Å²) < 4.78 is 4.91. The monoisotopic (exact) mass is 346 g/mol. The van der Waals surface area contributed by atoms with Crippen molar-refractivity contribution >= 4 is 21.9 Å². The topological polar surface area (TPSA) is 26.3 Å². The van der Waals surface area contributed by atoms with E-state index in [-0.39, 0.29) is 5.97 Å². The Labute approximate surface area is 134 Å². The van der Waals surface area contributed by atoms with Crippen LogP contribution in [0.1, 0.15) is 25.0 Å². The zero-order valence-electron chi connectivity index (χ0n) is 12.5. The Morgan fingerprint density at radius 2 is 1.81 bits per heavy atom. The fourth-order valence-electron chi connectivity index (χ4n) is 2.37. The predicted octanol–water partition coefficient (Wildman–Crippen LogP) is 4.70. The number of alkyl halides is 1. The highest BCUT2D eigenvalue weighted by Crippen LogP contribution is 2.31. The van der Waals surface area contributed by atoms with Crippen LogP contribution in [0, 0.1) is 0 Å². The molecule has 0 fully saturated rings. The smallest absolute Gasteiger partial charge is 0.315 e. The lowest BCUT2D eigenvalue weighted by Crippen LogP contribution is -2.30. The summed E-state index contributed by atoms with van der Waals surface area (Å²) in [5.41, 5.74) is 3.83. The Hall–Kier alpha value is -1.61. The highest BCUT2D eigenvalue weighted by atomic mass is 79.9. The van der Waals surface area contributed by atoms with Gasteiger partial charge >= 0.3 is 5.97 Å². The average molecular weight is 347 g/mol. The first-order valence-electron chi connectivity index (χ1n) is 6.84. The molecule has 0 atom stereocenters. The van der Waals surface area contributed by atoms with E-state index >= 15 is 0 Å². The molecule has 2 aromatic rings. The highest BCUT2D eigenvalue weighted by Gasteiger charge is 2.31. The van der Waals surface area contributed by atoms with Crippen LogP contribution in [0.15, 0.2) is 48.5 Å². The molecule has 0 spiro atoms. The summed E-state index contributed by atoms with van der Waals surface area (Å²) in [4.78, 5) is 12.0. The molecule has 3 heteroatoms. The van der Waals surface area contributed by atoms with Gasteiger partial charge in [-0.2, -0.15) is 0 Å². The minimum absolute atomic E-state index is 0.226. The minimum atomic E-state index is -0.652. The molecule has 0 unspecified atom stereocenters. The molecule has 0 aliphatic carbocycles. The SMILES string of the molecule is COC(=O)C(C)(C)c1ccc(-c2ccccc2)c(CBr)c1. The van der Waals surface area contributed by atoms with Gasteiger partial charge in [0.1, 0.15) is 0 Å². The predicted molar refractivity (Wildman–Crippen MR) is 89.6 cm³/mol. The number of ether oxygens (including phenoxy) is 1. The van der Waals surface area contributed by atoms with Crippen molar-refractivity contribution in [3.63, 3.8) is 0 Å². The molecule has 0 saturated heterocycles. The van der Waals surface area contributed by atoms with Crippen molar-refractivity contribution < 1.29 is 9.53 Å². The molecule has 2 rings (SSSR count). The van der Waals surface area contributed by atoms with Gasteiger partial charge in [0.05, 0.1) is 12.5 Å². The van der Waals surface area contributed by atoms with E-state index in [2.05, 4.69) is 40.2 Å². The van der Waals surface area contributed by atoms with Gasteiger partial charge in [-0.3, -0.25) is 4.79 Å². The largest absolute Gasteiger partial charge is 0.468 e. The summed E-state index contributed by atoms with van der Waals surface area (Å²) in [5.74, 6) is -0.226. The second kappa shape index (κ2) is 6.44. The van der Waals surface area contributed by atoms with Crippen molar-refractivity contribution in [1.29, 1.82) is 0 Å². The number of esters is 1. The fourth-order valence-corrected chi connectivity index (χ4v) is 2.83. The van der Waals surface area contributed by atoms with Crippen LogP contribution in [0.5, 0.6) is 0 Å². The summed E-state index contributed by atoms with van der Waals surface area (Å²) >= 11 is 3.54. The van der Waals surface area contributed by atoms with Gasteiger partial charge in [0, 0.05) is 5.33 Å². The first kappa shape index (κ1) is 15.8. The van der Waals surface area contributed by atoms with Crippen LogP contribution in [0.2, 0.25) is 0 Å². The summed E-state index contributed by atoms with van der Waals surface area (Å²) in [6.45, 7) is 3.77. The zero-order chi connectivity index (χ0) is 15.5. The van der Waals surface area contributed by atoms with E-state index in [9.17, 15) is 4.79 Å². The van der Waals surface area contributed by atoms with Gasteiger partial charge in [-0.1, -0.05) is 64.5 Å². The number of carbonyl (C=O) groups is 1. The van der Waals surface area contributed by atoms with E-state index in [1.807, 2.05) is 38.1 Å². The quantitative estimate of drug-likeness (QED) is 0.592. The van der Waals surface area contributed by atoms with Crippen LogP contribution in [0.3, 0.4) is 0 Å². The molecule has 21 heavy (non-hydrogen) atoms. The van der Waals surface area contributed by atoms with Crippen molar-refractivity contribution in [3.8, 4) is 11.1 Å². The molecule has 110 valence electrons. The Bertz CT molecular complexity index is 633. The number of benzene rings is 2. The van der Waals surface area contributed by atoms with Crippen LogP contribution >= 0.6 is 15.9 Å². The lowest BCUT2D eigenvalue weighted by molar-refractivity contribution is -0.146. The number of carbonyl (C=O) groups excluding carboxylic acids is 1. The van der Waals surface area contributed by atoms with Gasteiger partial charge in [-0.25, -0.2) is 0 Å². The molecule has 0 aromatic heterocycles. The number of hydrogen-bond acceptors (Lipinski definition) is 2. The lowest BCUT2D eigenvalue weighted by Gasteiger charge is -2.23. The van der Waals surface area contributed by atoms with E-state index in [1.165, 1.54) is 18.2 Å². The standard InChI is InChI=1S/C18H19BrO2/c1-18(2,17(20)21-3)15-9-10-16(14(11-15)12-19)13-7-5-4-6-8-13/h4-11H,12H2,1-3H3. The highest BCUT2D eigenvalue weighted by molar-refractivity contribution is 9.08. The van der Waals surface area contributed by atoms with E-state index in [1.54, 1.807) is 0 Å². The maximum absolute atomic E-state index is 12.0. The third-order valence-corrected chi connectivity index (χ3v) is 4.36. The van der Waals surface area contributed by atoms with Gasteiger partial charge in [0.2, 0.25) is 0 Å². The number of hydrogen-bond donors (Lipinski definition) is 0. The lowest BCUT2D eigenvalue weighted by atomic mass is 9.82. The van der Waals surface area contributed by atoms with Crippen molar-refractivity contribution in [1.82, 2.24) is 0 Å². The molecule has 0 heterocycles. The van der Waals surface area contributed by atoms with E-state index in [4.69, 9.17) is 4.74 Å². The molecular formula is C18H19BrO2. The number of halogens is 1. The van der Waals surface area contributed by atoms with Crippen LogP contribution in [0.4, 0.5) is 0 Å². The van der Waals surface area contributed by atoms with Crippen LogP contribution in [-0.4, -0.2) is 13.1 Å². The van der Waals surface area contributed by atoms with Gasteiger partial charge in [0.25, 0.3) is 0 Å². The van der Waals surface area contributed by atoms with Gasteiger partial charge < -0.3 is 4.74 Å². The van der Waals surface area contributed by atoms with E-state index < -0.39 is 5.41 Å². The van der Waals surface area contributed by atoms with Crippen LogP contribution < -0.4 is 0 Å². The van der Waals surface area contributed by atoms with Gasteiger partial charge in [-0.05, 0) is 36.1 Å². The van der Waals surface area contributed by atoms with Gasteiger partial charge in [-0.15, -0.1) is 0 Å². The molecule has 0 N–H and O–H groups in total. The molecule has 0 saturated carbocycles. The fraction of sp³-hybridized carbons (Fsp3) is 0.278. The molecule has 0 radical (unpaired) electrons. The van der Waals surface area contributed by atoms with Crippen molar-refractivity contribution in [2.24, 2.45) is 0 Å². The molecule has 2 aromatic carbocycles. The third-order valence-electron chi connectivity index (χ3n) is 3.75. The Balaban J connectivity index is 2.49. The first-order valence-corrected chi connectivity index (χ1v) is 7.96.